The predicted molar refractivity (Wildman–Crippen MR) is 134 cm³/mol. The van der Waals surface area contributed by atoms with Crippen LogP contribution >= 0.6 is 0 Å². The van der Waals surface area contributed by atoms with Crippen LogP contribution in [0.3, 0.4) is 0 Å². The normalized spacial score (nSPS) is 11.6. The third-order valence-electron chi connectivity index (χ3n) is 5.17. The molecule has 198 valence electrons. The van der Waals surface area contributed by atoms with Crippen LogP contribution in [0.25, 0.3) is 0 Å². The Morgan fingerprint density at radius 2 is 1.76 bits per heavy atom. The van der Waals surface area contributed by atoms with Crippen molar-refractivity contribution >= 4 is 39.2 Å². The van der Waals surface area contributed by atoms with E-state index in [1.54, 1.807) is 50.2 Å². The largest absolute Gasteiger partial charge is 0.421 e. The first-order valence-electron chi connectivity index (χ1n) is 11.0. The maximum Gasteiger partial charge on any atom is 0.421 e. The highest BCUT2D eigenvalue weighted by molar-refractivity contribution is 7.92. The van der Waals surface area contributed by atoms with Crippen LogP contribution in [0.5, 0.6) is 0 Å². The number of nitrogens with zero attached hydrogens (tertiary/aromatic N) is 4. The molecule has 0 radical (unpaired) electrons. The van der Waals surface area contributed by atoms with Crippen LogP contribution in [-0.2, 0) is 22.7 Å². The van der Waals surface area contributed by atoms with Gasteiger partial charge in [0.15, 0.2) is 0 Å². The summed E-state index contributed by atoms with van der Waals surface area (Å²) in [4.78, 5) is 23.9. The van der Waals surface area contributed by atoms with Gasteiger partial charge in [0.25, 0.3) is 5.91 Å². The van der Waals surface area contributed by atoms with Gasteiger partial charge in [0.2, 0.25) is 16.0 Å². The number of rotatable bonds is 9. The lowest BCUT2D eigenvalue weighted by molar-refractivity contribution is -0.137. The van der Waals surface area contributed by atoms with Crippen LogP contribution in [0.15, 0.2) is 42.6 Å². The Balaban J connectivity index is 1.88. The summed E-state index contributed by atoms with van der Waals surface area (Å²) in [7, 11) is -2.35. The van der Waals surface area contributed by atoms with Gasteiger partial charge >= 0.3 is 6.18 Å². The number of pyridine rings is 1. The molecule has 0 bridgehead atoms. The smallest absolute Gasteiger partial charge is 0.365 e. The van der Waals surface area contributed by atoms with E-state index in [4.69, 9.17) is 0 Å². The highest BCUT2D eigenvalue weighted by Gasteiger charge is 2.35. The zero-order valence-electron chi connectivity index (χ0n) is 20.5. The zero-order chi connectivity index (χ0) is 27.4. The number of aromatic nitrogens is 3. The summed E-state index contributed by atoms with van der Waals surface area (Å²) in [5.41, 5.74) is 0.670. The van der Waals surface area contributed by atoms with E-state index in [1.165, 1.54) is 7.05 Å². The second-order valence-corrected chi connectivity index (χ2v) is 10.0. The van der Waals surface area contributed by atoms with E-state index in [1.807, 2.05) is 0 Å². The number of sulfonamides is 1. The second kappa shape index (κ2) is 11.0. The Bertz CT molecular complexity index is 1380. The minimum Gasteiger partial charge on any atom is -0.365 e. The standard InChI is InChI=1S/C23H26F3N7O3S/c1-5-27-21(34)15-8-10-17(11-9-15)31-22-29-13-18(23(24,25)26)19(32-22)28-12-16-7-6-14(2)30-20(16)33(3)37(4,35)36/h6-11,13H,5,12H2,1-4H3,(H,27,34)(H2,28,29,31,32). The fourth-order valence-electron chi connectivity index (χ4n) is 3.20. The Hall–Kier alpha value is -3.94. The first kappa shape index (κ1) is 27.6. The van der Waals surface area contributed by atoms with E-state index in [9.17, 15) is 26.4 Å². The summed E-state index contributed by atoms with van der Waals surface area (Å²) < 4.78 is 66.0. The molecule has 0 aliphatic carbocycles. The summed E-state index contributed by atoms with van der Waals surface area (Å²) in [6, 6.07) is 9.46. The van der Waals surface area contributed by atoms with Gasteiger partial charge in [-0.1, -0.05) is 6.07 Å². The van der Waals surface area contributed by atoms with E-state index in [2.05, 4.69) is 30.9 Å². The Morgan fingerprint density at radius 1 is 1.08 bits per heavy atom. The molecular weight excluding hydrogens is 511 g/mol. The molecule has 0 fully saturated rings. The molecule has 0 saturated carbocycles. The minimum atomic E-state index is -4.74. The van der Waals surface area contributed by atoms with Crippen molar-refractivity contribution < 1.29 is 26.4 Å². The number of hydrogen-bond donors (Lipinski definition) is 3. The van der Waals surface area contributed by atoms with Crippen molar-refractivity contribution in [2.24, 2.45) is 0 Å². The minimum absolute atomic E-state index is 0.0863. The molecule has 0 spiro atoms. The molecule has 2 aromatic heterocycles. The first-order valence-corrected chi connectivity index (χ1v) is 12.9. The summed E-state index contributed by atoms with van der Waals surface area (Å²) in [6.45, 7) is 3.74. The van der Waals surface area contributed by atoms with Gasteiger partial charge in [0, 0.05) is 48.8 Å². The number of amides is 1. The van der Waals surface area contributed by atoms with E-state index >= 15 is 0 Å². The summed E-state index contributed by atoms with van der Waals surface area (Å²) in [6.07, 6.45) is -3.09. The molecule has 0 aliphatic heterocycles. The number of alkyl halides is 3. The molecule has 1 aromatic carbocycles. The molecule has 37 heavy (non-hydrogen) atoms. The molecule has 3 aromatic rings. The van der Waals surface area contributed by atoms with E-state index in [-0.39, 0.29) is 24.2 Å². The maximum absolute atomic E-state index is 13.7. The molecule has 1 amide bonds. The van der Waals surface area contributed by atoms with Crippen molar-refractivity contribution in [1.29, 1.82) is 0 Å². The van der Waals surface area contributed by atoms with E-state index < -0.39 is 27.6 Å². The molecule has 0 saturated heterocycles. The van der Waals surface area contributed by atoms with Crippen molar-refractivity contribution in [2.45, 2.75) is 26.6 Å². The van der Waals surface area contributed by atoms with Crippen molar-refractivity contribution in [3.8, 4) is 0 Å². The lowest BCUT2D eigenvalue weighted by Gasteiger charge is -2.20. The fourth-order valence-corrected chi connectivity index (χ4v) is 3.67. The topological polar surface area (TPSA) is 129 Å². The van der Waals surface area contributed by atoms with Gasteiger partial charge < -0.3 is 16.0 Å². The predicted octanol–water partition coefficient (Wildman–Crippen LogP) is 3.70. The highest BCUT2D eigenvalue weighted by atomic mass is 32.2. The summed E-state index contributed by atoms with van der Waals surface area (Å²) in [5, 5.41) is 8.12. The van der Waals surface area contributed by atoms with Crippen LogP contribution < -0.4 is 20.3 Å². The molecule has 3 N–H and O–H groups in total. The number of carbonyl (C=O) groups excluding carboxylic acids is 1. The average molecular weight is 538 g/mol. The SMILES string of the molecule is CCNC(=O)c1ccc(Nc2ncc(C(F)(F)F)c(NCc3ccc(C)nc3N(C)S(C)(=O)=O)n2)cc1. The molecule has 10 nitrogen and oxygen atoms in total. The van der Waals surface area contributed by atoms with Gasteiger partial charge in [-0.15, -0.1) is 0 Å². The molecule has 3 rings (SSSR count). The number of aryl methyl sites for hydroxylation is 1. The lowest BCUT2D eigenvalue weighted by Crippen LogP contribution is -2.27. The van der Waals surface area contributed by atoms with E-state index in [0.717, 1.165) is 10.6 Å². The average Bonchev–Trinajstić information content (AvgIpc) is 2.82. The molecule has 14 heteroatoms. The van der Waals surface area contributed by atoms with Gasteiger partial charge in [0.1, 0.15) is 17.2 Å². The van der Waals surface area contributed by atoms with Gasteiger partial charge in [-0.05, 0) is 44.2 Å². The summed E-state index contributed by atoms with van der Waals surface area (Å²) in [5.74, 6) is -0.782. The van der Waals surface area contributed by atoms with E-state index in [0.29, 0.717) is 35.2 Å². The van der Waals surface area contributed by atoms with Gasteiger partial charge in [-0.3, -0.25) is 9.10 Å². The fraction of sp³-hybridized carbons (Fsp3) is 0.304. The quantitative estimate of drug-likeness (QED) is 0.377. The molecule has 0 unspecified atom stereocenters. The van der Waals surface area contributed by atoms with Crippen LogP contribution in [0.2, 0.25) is 0 Å². The van der Waals surface area contributed by atoms with Crippen LogP contribution in [0.4, 0.5) is 36.4 Å². The zero-order valence-corrected chi connectivity index (χ0v) is 21.3. The van der Waals surface area contributed by atoms with Gasteiger partial charge in [-0.2, -0.15) is 18.2 Å². The van der Waals surface area contributed by atoms with Gasteiger partial charge in [0.05, 0.1) is 6.26 Å². The number of nitrogens with one attached hydrogen (secondary N) is 3. The van der Waals surface area contributed by atoms with Crippen LogP contribution in [-0.4, -0.2) is 49.1 Å². The van der Waals surface area contributed by atoms with Crippen molar-refractivity contribution in [2.75, 3.05) is 34.8 Å². The number of hydrogen-bond acceptors (Lipinski definition) is 8. The van der Waals surface area contributed by atoms with Crippen LogP contribution in [0.1, 0.15) is 34.1 Å². The highest BCUT2D eigenvalue weighted by Crippen LogP contribution is 2.34. The first-order chi connectivity index (χ1) is 17.3. The Kier molecular flexibility index (Phi) is 8.21. The summed E-state index contributed by atoms with van der Waals surface area (Å²) >= 11 is 0. The second-order valence-electron chi connectivity index (χ2n) is 8.03. The molecule has 2 heterocycles. The van der Waals surface area contributed by atoms with Crippen molar-refractivity contribution in [1.82, 2.24) is 20.3 Å². The maximum atomic E-state index is 13.7. The Labute approximate surface area is 212 Å². The number of halogens is 3. The molecule has 0 atom stereocenters. The third-order valence-corrected chi connectivity index (χ3v) is 6.34. The van der Waals surface area contributed by atoms with Gasteiger partial charge in [-0.25, -0.2) is 18.4 Å². The van der Waals surface area contributed by atoms with Crippen LogP contribution in [0, 0.1) is 6.92 Å². The monoisotopic (exact) mass is 537 g/mol. The van der Waals surface area contributed by atoms with Crippen molar-refractivity contribution in [3.05, 3.63) is 65.0 Å². The van der Waals surface area contributed by atoms with Crippen molar-refractivity contribution in [3.63, 3.8) is 0 Å². The molecular formula is C23H26F3N7O3S. The number of anilines is 4. The third kappa shape index (κ3) is 7.06. The Morgan fingerprint density at radius 3 is 2.35 bits per heavy atom. The number of benzene rings is 1. The lowest BCUT2D eigenvalue weighted by atomic mass is 10.2. The molecule has 0 aliphatic rings. The number of carbonyl (C=O) groups is 1.